The van der Waals surface area contributed by atoms with E-state index < -0.39 is 11.2 Å². The van der Waals surface area contributed by atoms with Crippen molar-refractivity contribution in [2.24, 2.45) is 5.41 Å². The van der Waals surface area contributed by atoms with Crippen molar-refractivity contribution in [1.29, 1.82) is 5.26 Å². The number of amides is 1. The van der Waals surface area contributed by atoms with Crippen LogP contribution in [0.5, 0.6) is 0 Å². The Hall–Kier alpha value is -1.31. The van der Waals surface area contributed by atoms with Gasteiger partial charge in [-0.05, 0) is 25.0 Å². The number of halogens is 3. The number of hydrogen-bond donors (Lipinski definition) is 1. The maximum atomic E-state index is 13.3. The van der Waals surface area contributed by atoms with Gasteiger partial charge in [-0.3, -0.25) is 4.79 Å². The SMILES string of the molecule is N#CC1(C(=O)Nc2cc(Cl)c(F)c(Cl)c2)CCCCC1. The van der Waals surface area contributed by atoms with Gasteiger partial charge >= 0.3 is 0 Å². The first-order valence-electron chi connectivity index (χ1n) is 6.36. The number of nitrogens with zero attached hydrogens (tertiary/aromatic N) is 1. The maximum Gasteiger partial charge on any atom is 0.244 e. The Morgan fingerprint density at radius 2 is 1.80 bits per heavy atom. The second-order valence-electron chi connectivity index (χ2n) is 4.96. The highest BCUT2D eigenvalue weighted by molar-refractivity contribution is 6.35. The third-order valence-electron chi connectivity index (χ3n) is 3.60. The summed E-state index contributed by atoms with van der Waals surface area (Å²) in [5.41, 5.74) is -0.711. The summed E-state index contributed by atoms with van der Waals surface area (Å²) in [6.07, 6.45) is 3.82. The fourth-order valence-electron chi connectivity index (χ4n) is 2.42. The lowest BCUT2D eigenvalue weighted by molar-refractivity contribution is -0.124. The van der Waals surface area contributed by atoms with E-state index >= 15 is 0 Å². The molecule has 106 valence electrons. The molecule has 3 nitrogen and oxygen atoms in total. The van der Waals surface area contributed by atoms with Crippen LogP contribution in [0.25, 0.3) is 0 Å². The van der Waals surface area contributed by atoms with Crippen LogP contribution in [0, 0.1) is 22.6 Å². The van der Waals surface area contributed by atoms with Crippen molar-refractivity contribution in [2.75, 3.05) is 5.32 Å². The molecule has 0 bridgehead atoms. The fourth-order valence-corrected chi connectivity index (χ4v) is 2.91. The molecule has 2 rings (SSSR count). The second kappa shape index (κ2) is 5.99. The summed E-state index contributed by atoms with van der Waals surface area (Å²) < 4.78 is 13.3. The maximum absolute atomic E-state index is 13.3. The quantitative estimate of drug-likeness (QED) is 0.814. The smallest absolute Gasteiger partial charge is 0.244 e. The van der Waals surface area contributed by atoms with E-state index in [4.69, 9.17) is 23.2 Å². The summed E-state index contributed by atoms with van der Waals surface area (Å²) in [6.45, 7) is 0. The van der Waals surface area contributed by atoms with Crippen LogP contribution in [-0.4, -0.2) is 5.91 Å². The topological polar surface area (TPSA) is 52.9 Å². The van der Waals surface area contributed by atoms with E-state index in [1.54, 1.807) is 0 Å². The molecular weight excluding hydrogens is 302 g/mol. The van der Waals surface area contributed by atoms with Crippen molar-refractivity contribution in [2.45, 2.75) is 32.1 Å². The van der Waals surface area contributed by atoms with Gasteiger partial charge in [-0.1, -0.05) is 42.5 Å². The minimum absolute atomic E-state index is 0.164. The molecule has 0 atom stereocenters. The average Bonchev–Trinajstić information content (AvgIpc) is 2.45. The molecule has 0 heterocycles. The standard InChI is InChI=1S/C14H13Cl2FN2O/c15-10-6-9(7-11(16)12(10)17)19-13(20)14(8-18)4-2-1-3-5-14/h6-7H,1-5H2,(H,19,20). The minimum Gasteiger partial charge on any atom is -0.325 e. The van der Waals surface area contributed by atoms with Gasteiger partial charge < -0.3 is 5.32 Å². The van der Waals surface area contributed by atoms with Crippen LogP contribution >= 0.6 is 23.2 Å². The van der Waals surface area contributed by atoms with Crippen LogP contribution in [0.2, 0.25) is 10.0 Å². The molecule has 1 aromatic carbocycles. The van der Waals surface area contributed by atoms with E-state index in [0.717, 1.165) is 19.3 Å². The molecule has 20 heavy (non-hydrogen) atoms. The van der Waals surface area contributed by atoms with E-state index in [9.17, 15) is 14.4 Å². The molecule has 1 aromatic rings. The Bertz CT molecular complexity index is 554. The first kappa shape index (κ1) is 15.1. The van der Waals surface area contributed by atoms with E-state index in [0.29, 0.717) is 18.5 Å². The zero-order valence-corrected chi connectivity index (χ0v) is 12.2. The Morgan fingerprint density at radius 1 is 1.25 bits per heavy atom. The molecule has 1 fully saturated rings. The van der Waals surface area contributed by atoms with Crippen molar-refractivity contribution in [3.8, 4) is 6.07 Å². The van der Waals surface area contributed by atoms with Gasteiger partial charge in [0.15, 0.2) is 5.82 Å². The van der Waals surface area contributed by atoms with Crippen molar-refractivity contribution in [3.05, 3.63) is 28.0 Å². The van der Waals surface area contributed by atoms with Gasteiger partial charge in [0.2, 0.25) is 5.91 Å². The van der Waals surface area contributed by atoms with Crippen molar-refractivity contribution in [1.82, 2.24) is 0 Å². The Morgan fingerprint density at radius 3 is 2.30 bits per heavy atom. The summed E-state index contributed by atoms with van der Waals surface area (Å²) in [7, 11) is 0. The number of benzene rings is 1. The molecule has 0 unspecified atom stereocenters. The molecule has 0 saturated heterocycles. The number of rotatable bonds is 2. The molecule has 0 aromatic heterocycles. The molecule has 1 saturated carbocycles. The lowest BCUT2D eigenvalue weighted by atomic mass is 9.74. The highest BCUT2D eigenvalue weighted by Gasteiger charge is 2.39. The van der Waals surface area contributed by atoms with E-state index in [1.165, 1.54) is 12.1 Å². The molecule has 6 heteroatoms. The lowest BCUT2D eigenvalue weighted by Crippen LogP contribution is -2.36. The summed E-state index contributed by atoms with van der Waals surface area (Å²) >= 11 is 11.4. The summed E-state index contributed by atoms with van der Waals surface area (Å²) in [4.78, 5) is 12.3. The van der Waals surface area contributed by atoms with Crippen LogP contribution < -0.4 is 5.32 Å². The van der Waals surface area contributed by atoms with E-state index in [1.807, 2.05) is 0 Å². The largest absolute Gasteiger partial charge is 0.325 e. The number of hydrogen-bond acceptors (Lipinski definition) is 2. The average molecular weight is 315 g/mol. The Kier molecular flexibility index (Phi) is 4.52. The van der Waals surface area contributed by atoms with Gasteiger partial charge in [0.1, 0.15) is 5.41 Å². The summed E-state index contributed by atoms with van der Waals surface area (Å²) in [5, 5.41) is 11.6. The summed E-state index contributed by atoms with van der Waals surface area (Å²) in [5.74, 6) is -1.10. The first-order valence-corrected chi connectivity index (χ1v) is 7.11. The normalized spacial score (nSPS) is 17.3. The van der Waals surface area contributed by atoms with E-state index in [-0.39, 0.29) is 16.0 Å². The zero-order valence-electron chi connectivity index (χ0n) is 10.7. The van der Waals surface area contributed by atoms with Crippen LogP contribution in [0.1, 0.15) is 32.1 Å². The number of anilines is 1. The molecule has 1 amide bonds. The van der Waals surface area contributed by atoms with Gasteiger partial charge in [-0.15, -0.1) is 0 Å². The first-order chi connectivity index (χ1) is 9.48. The third kappa shape index (κ3) is 2.89. The van der Waals surface area contributed by atoms with Crippen LogP contribution in [0.3, 0.4) is 0 Å². The van der Waals surface area contributed by atoms with Crippen molar-refractivity contribution >= 4 is 34.8 Å². The third-order valence-corrected chi connectivity index (χ3v) is 4.15. The van der Waals surface area contributed by atoms with Crippen LogP contribution in [0.15, 0.2) is 12.1 Å². The monoisotopic (exact) mass is 314 g/mol. The van der Waals surface area contributed by atoms with Gasteiger partial charge in [0, 0.05) is 5.69 Å². The molecule has 0 radical (unpaired) electrons. The Balaban J connectivity index is 2.21. The predicted octanol–water partition coefficient (Wildman–Crippen LogP) is 4.55. The van der Waals surface area contributed by atoms with Gasteiger partial charge in [0.05, 0.1) is 16.1 Å². The van der Waals surface area contributed by atoms with Gasteiger partial charge in [-0.2, -0.15) is 5.26 Å². The molecule has 1 N–H and O–H groups in total. The van der Waals surface area contributed by atoms with Crippen molar-refractivity contribution in [3.63, 3.8) is 0 Å². The van der Waals surface area contributed by atoms with Crippen molar-refractivity contribution < 1.29 is 9.18 Å². The zero-order chi connectivity index (χ0) is 14.8. The molecular formula is C14H13Cl2FN2O. The van der Waals surface area contributed by atoms with Crippen LogP contribution in [0.4, 0.5) is 10.1 Å². The molecule has 1 aliphatic carbocycles. The second-order valence-corrected chi connectivity index (χ2v) is 5.78. The van der Waals surface area contributed by atoms with E-state index in [2.05, 4.69) is 11.4 Å². The lowest BCUT2D eigenvalue weighted by Gasteiger charge is -2.29. The fraction of sp³-hybridized carbons (Fsp3) is 0.429. The molecule has 1 aliphatic rings. The number of nitrogens with one attached hydrogen (secondary N) is 1. The highest BCUT2D eigenvalue weighted by Crippen LogP contribution is 2.37. The van der Waals surface area contributed by atoms with Gasteiger partial charge in [0.25, 0.3) is 0 Å². The Labute approximate surface area is 126 Å². The summed E-state index contributed by atoms with van der Waals surface area (Å²) in [6, 6.07) is 4.70. The van der Waals surface area contributed by atoms with Crippen LogP contribution in [-0.2, 0) is 4.79 Å². The minimum atomic E-state index is -1.01. The number of carbonyl (C=O) groups is 1. The highest BCUT2D eigenvalue weighted by atomic mass is 35.5. The number of carbonyl (C=O) groups excluding carboxylic acids is 1. The molecule has 0 spiro atoms. The van der Waals surface area contributed by atoms with Gasteiger partial charge in [-0.25, -0.2) is 4.39 Å². The predicted molar refractivity (Wildman–Crippen MR) is 76.2 cm³/mol. The molecule has 0 aliphatic heterocycles. The number of nitriles is 1.